The maximum atomic E-state index is 13.3. The van der Waals surface area contributed by atoms with E-state index in [1.807, 2.05) is 28.1 Å². The number of hydrogen-bond donors (Lipinski definition) is 0. The predicted octanol–water partition coefficient (Wildman–Crippen LogP) is 5.41. The van der Waals surface area contributed by atoms with E-state index in [0.29, 0.717) is 18.1 Å². The predicted molar refractivity (Wildman–Crippen MR) is 119 cm³/mol. The monoisotopic (exact) mass is 452 g/mol. The van der Waals surface area contributed by atoms with Crippen molar-refractivity contribution in [2.45, 2.75) is 17.5 Å². The molecule has 0 aliphatic carbocycles. The van der Waals surface area contributed by atoms with Crippen LogP contribution in [0.15, 0.2) is 65.7 Å². The van der Waals surface area contributed by atoms with Crippen LogP contribution < -0.4 is 9.47 Å². The Kier molecular flexibility index (Phi) is 5.44. The molecular formula is C22H17FN4O2S2. The molecule has 156 valence electrons. The molecule has 0 amide bonds. The molecule has 3 heterocycles. The number of rotatable bonds is 7. The van der Waals surface area contributed by atoms with Crippen LogP contribution in [0, 0.1) is 5.82 Å². The Morgan fingerprint density at radius 3 is 2.74 bits per heavy atom. The number of benzene rings is 2. The van der Waals surface area contributed by atoms with Crippen molar-refractivity contribution in [2.24, 2.45) is 0 Å². The molecule has 0 bridgehead atoms. The number of ether oxygens (including phenoxy) is 2. The van der Waals surface area contributed by atoms with Gasteiger partial charge in [0.05, 0.1) is 5.69 Å². The molecule has 0 fully saturated rings. The Balaban J connectivity index is 1.33. The van der Waals surface area contributed by atoms with E-state index >= 15 is 0 Å². The maximum absolute atomic E-state index is 13.3. The Morgan fingerprint density at radius 1 is 1.10 bits per heavy atom. The third-order valence-corrected chi connectivity index (χ3v) is 6.59. The van der Waals surface area contributed by atoms with Crippen molar-refractivity contribution < 1.29 is 13.9 Å². The topological polar surface area (TPSA) is 62.1 Å². The van der Waals surface area contributed by atoms with Gasteiger partial charge in [-0.1, -0.05) is 17.8 Å². The van der Waals surface area contributed by atoms with E-state index in [4.69, 9.17) is 14.5 Å². The molecule has 5 rings (SSSR count). The van der Waals surface area contributed by atoms with Gasteiger partial charge in [-0.25, -0.2) is 9.37 Å². The molecule has 0 atom stereocenters. The Labute approximate surface area is 186 Å². The first-order chi connectivity index (χ1) is 15.2. The summed E-state index contributed by atoms with van der Waals surface area (Å²) < 4.78 is 26.1. The number of nitrogens with zero attached hydrogens (tertiary/aromatic N) is 4. The number of hydrogen-bond acceptors (Lipinski definition) is 7. The van der Waals surface area contributed by atoms with Crippen LogP contribution >= 0.6 is 23.1 Å². The second kappa shape index (κ2) is 8.52. The molecule has 4 aromatic rings. The van der Waals surface area contributed by atoms with Crippen LogP contribution in [0.2, 0.25) is 0 Å². The van der Waals surface area contributed by atoms with Gasteiger partial charge >= 0.3 is 0 Å². The van der Waals surface area contributed by atoms with E-state index in [1.165, 1.54) is 12.1 Å². The van der Waals surface area contributed by atoms with Gasteiger partial charge in [0.15, 0.2) is 22.5 Å². The molecule has 2 aromatic heterocycles. The summed E-state index contributed by atoms with van der Waals surface area (Å²) in [4.78, 5) is 4.75. The van der Waals surface area contributed by atoms with Crippen LogP contribution in [0.1, 0.15) is 5.69 Å². The molecule has 2 aromatic carbocycles. The molecule has 6 nitrogen and oxygen atoms in total. The fourth-order valence-electron chi connectivity index (χ4n) is 3.18. The lowest BCUT2D eigenvalue weighted by Crippen LogP contribution is -2.00. The summed E-state index contributed by atoms with van der Waals surface area (Å²) in [7, 11) is 0. The van der Waals surface area contributed by atoms with Crippen LogP contribution in [-0.4, -0.2) is 26.5 Å². The summed E-state index contributed by atoms with van der Waals surface area (Å²) >= 11 is 3.14. The third kappa shape index (κ3) is 4.06. The molecule has 0 saturated carbocycles. The van der Waals surface area contributed by atoms with Gasteiger partial charge in [-0.15, -0.1) is 28.1 Å². The Morgan fingerprint density at radius 2 is 1.90 bits per heavy atom. The highest BCUT2D eigenvalue weighted by molar-refractivity contribution is 7.98. The zero-order chi connectivity index (χ0) is 21.2. The van der Waals surface area contributed by atoms with Crippen LogP contribution in [0.4, 0.5) is 4.39 Å². The lowest BCUT2D eigenvalue weighted by molar-refractivity contribution is 0.174. The highest BCUT2D eigenvalue weighted by atomic mass is 32.2. The highest BCUT2D eigenvalue weighted by Gasteiger charge is 2.17. The van der Waals surface area contributed by atoms with Crippen LogP contribution in [0.3, 0.4) is 0 Å². The van der Waals surface area contributed by atoms with Gasteiger partial charge in [0.1, 0.15) is 10.8 Å². The van der Waals surface area contributed by atoms with Crippen molar-refractivity contribution in [2.75, 3.05) is 6.79 Å². The van der Waals surface area contributed by atoms with Crippen LogP contribution in [0.5, 0.6) is 11.5 Å². The quantitative estimate of drug-likeness (QED) is 0.276. The summed E-state index contributed by atoms with van der Waals surface area (Å²) in [6.45, 7) is 4.64. The molecule has 1 aliphatic rings. The molecule has 0 N–H and O–H groups in total. The fourth-order valence-corrected chi connectivity index (χ4v) is 4.94. The fraction of sp³-hybridized carbons (Fsp3) is 0.136. The second-order valence-corrected chi connectivity index (χ2v) is 8.51. The number of aromatic nitrogens is 4. The molecule has 0 saturated heterocycles. The highest BCUT2D eigenvalue weighted by Crippen LogP contribution is 2.37. The van der Waals surface area contributed by atoms with Crippen molar-refractivity contribution in [3.05, 3.63) is 72.0 Å². The van der Waals surface area contributed by atoms with Crippen LogP contribution in [-0.2, 0) is 12.3 Å². The van der Waals surface area contributed by atoms with Gasteiger partial charge in [-0.3, -0.25) is 4.57 Å². The SMILES string of the molecule is C=CCn1c(SCc2csc(-c3ccc4c(c3)OCO4)n2)nnc1-c1ccc(F)cc1. The molecule has 0 radical (unpaired) electrons. The summed E-state index contributed by atoms with van der Waals surface area (Å²) in [5, 5.41) is 12.4. The minimum absolute atomic E-state index is 0.254. The van der Waals surface area contributed by atoms with Gasteiger partial charge < -0.3 is 9.47 Å². The van der Waals surface area contributed by atoms with Crippen molar-refractivity contribution in [3.63, 3.8) is 0 Å². The Hall–Kier alpha value is -3.17. The van der Waals surface area contributed by atoms with Crippen molar-refractivity contribution in [1.82, 2.24) is 19.7 Å². The standard InChI is InChI=1S/C22H17FN4O2S2/c1-2-9-27-20(14-3-6-16(23)7-4-14)25-26-22(27)31-12-17-11-30-21(24-17)15-5-8-18-19(10-15)29-13-28-18/h2-8,10-11H,1,9,12-13H2. The summed E-state index contributed by atoms with van der Waals surface area (Å²) in [5.41, 5.74) is 2.76. The lowest BCUT2D eigenvalue weighted by atomic mass is 10.2. The Bertz CT molecular complexity index is 1240. The molecule has 31 heavy (non-hydrogen) atoms. The summed E-state index contributed by atoms with van der Waals surface area (Å²) in [6.07, 6.45) is 1.79. The van der Waals surface area contributed by atoms with Crippen LogP contribution in [0.25, 0.3) is 22.0 Å². The van der Waals surface area contributed by atoms with Gasteiger partial charge in [0, 0.05) is 28.8 Å². The number of fused-ring (bicyclic) bond motifs is 1. The summed E-state index contributed by atoms with van der Waals surface area (Å²) in [5.74, 6) is 2.56. The zero-order valence-corrected chi connectivity index (χ0v) is 18.0. The molecule has 0 spiro atoms. The van der Waals surface area contributed by atoms with E-state index in [0.717, 1.165) is 38.5 Å². The first-order valence-corrected chi connectivity index (χ1v) is 11.3. The number of allylic oxidation sites excluding steroid dienone is 1. The van der Waals surface area contributed by atoms with Crippen molar-refractivity contribution in [1.29, 1.82) is 0 Å². The van der Waals surface area contributed by atoms with Gasteiger partial charge in [0.2, 0.25) is 6.79 Å². The van der Waals surface area contributed by atoms with Gasteiger partial charge in [-0.05, 0) is 42.5 Å². The van der Waals surface area contributed by atoms with E-state index in [2.05, 4.69) is 16.8 Å². The van der Waals surface area contributed by atoms with E-state index in [1.54, 1.807) is 41.3 Å². The van der Waals surface area contributed by atoms with Crippen molar-refractivity contribution >= 4 is 23.1 Å². The molecule has 0 unspecified atom stereocenters. The van der Waals surface area contributed by atoms with E-state index in [-0.39, 0.29) is 12.6 Å². The number of thiazole rings is 1. The number of thioether (sulfide) groups is 1. The normalized spacial score (nSPS) is 12.3. The largest absolute Gasteiger partial charge is 0.454 e. The lowest BCUT2D eigenvalue weighted by Gasteiger charge is -2.07. The second-order valence-electron chi connectivity index (χ2n) is 6.71. The first kappa shape index (κ1) is 19.8. The molecular weight excluding hydrogens is 435 g/mol. The van der Waals surface area contributed by atoms with Gasteiger partial charge in [-0.2, -0.15) is 0 Å². The summed E-state index contributed by atoms with van der Waals surface area (Å²) in [6, 6.07) is 12.1. The van der Waals surface area contributed by atoms with E-state index in [9.17, 15) is 4.39 Å². The zero-order valence-electron chi connectivity index (χ0n) is 16.3. The third-order valence-electron chi connectivity index (χ3n) is 4.65. The van der Waals surface area contributed by atoms with Gasteiger partial charge in [0.25, 0.3) is 0 Å². The average Bonchev–Trinajstić information content (AvgIpc) is 3.52. The smallest absolute Gasteiger partial charge is 0.231 e. The average molecular weight is 453 g/mol. The first-order valence-electron chi connectivity index (χ1n) is 9.48. The molecule has 1 aliphatic heterocycles. The molecule has 9 heteroatoms. The van der Waals surface area contributed by atoms with E-state index < -0.39 is 0 Å². The maximum Gasteiger partial charge on any atom is 0.231 e. The minimum atomic E-state index is -0.282. The van der Waals surface area contributed by atoms with Crippen molar-refractivity contribution in [3.8, 4) is 33.5 Å². The number of halogens is 1. The minimum Gasteiger partial charge on any atom is -0.454 e.